The minimum atomic E-state index is -0.512. The monoisotopic (exact) mass is 425 g/mol. The Labute approximate surface area is 175 Å². The molecule has 9 nitrogen and oxygen atoms in total. The van der Waals surface area contributed by atoms with Gasteiger partial charge >= 0.3 is 0 Å². The lowest BCUT2D eigenvalue weighted by atomic mass is 10.2. The summed E-state index contributed by atoms with van der Waals surface area (Å²) in [7, 11) is 0. The van der Waals surface area contributed by atoms with Crippen molar-refractivity contribution in [1.82, 2.24) is 9.88 Å². The van der Waals surface area contributed by atoms with E-state index in [4.69, 9.17) is 10.2 Å². The Kier molecular flexibility index (Phi) is 5.59. The number of nitrogens with one attached hydrogen (secondary N) is 2. The second kappa shape index (κ2) is 8.47. The summed E-state index contributed by atoms with van der Waals surface area (Å²) in [6.45, 7) is 1.51. The lowest BCUT2D eigenvalue weighted by molar-refractivity contribution is -0.117. The topological polar surface area (TPSA) is 131 Å². The van der Waals surface area contributed by atoms with Gasteiger partial charge in [0.1, 0.15) is 6.26 Å². The first kappa shape index (κ1) is 19.8. The molecule has 0 atom stereocenters. The lowest BCUT2D eigenvalue weighted by Crippen LogP contribution is -2.36. The van der Waals surface area contributed by atoms with E-state index in [1.807, 2.05) is 4.90 Å². The van der Waals surface area contributed by atoms with Crippen LogP contribution < -0.4 is 16.4 Å². The van der Waals surface area contributed by atoms with Crippen LogP contribution in [-0.4, -0.2) is 40.7 Å². The van der Waals surface area contributed by atoms with E-state index in [9.17, 15) is 14.4 Å². The predicted octanol–water partition coefficient (Wildman–Crippen LogP) is 2.08. The molecule has 30 heavy (non-hydrogen) atoms. The fraction of sp³-hybridized carbons (Fsp3) is 0.200. The van der Waals surface area contributed by atoms with Gasteiger partial charge < -0.3 is 15.5 Å². The highest BCUT2D eigenvalue weighted by Gasteiger charge is 2.23. The third kappa shape index (κ3) is 4.56. The number of carbonyl (C=O) groups is 3. The fourth-order valence-corrected chi connectivity index (χ4v) is 4.17. The largest absolute Gasteiger partial charge is 0.472 e. The fourth-order valence-electron chi connectivity index (χ4n) is 3.12. The summed E-state index contributed by atoms with van der Waals surface area (Å²) in [6.07, 6.45) is 3.52. The van der Waals surface area contributed by atoms with Gasteiger partial charge in [-0.3, -0.25) is 24.6 Å². The second-order valence-electron chi connectivity index (χ2n) is 6.81. The minimum Gasteiger partial charge on any atom is -0.472 e. The van der Waals surface area contributed by atoms with Gasteiger partial charge in [-0.25, -0.2) is 4.98 Å². The van der Waals surface area contributed by atoms with Crippen molar-refractivity contribution < 1.29 is 18.8 Å². The van der Waals surface area contributed by atoms with E-state index < -0.39 is 5.91 Å². The van der Waals surface area contributed by atoms with Crippen molar-refractivity contribution in [2.75, 3.05) is 23.7 Å². The van der Waals surface area contributed by atoms with Crippen LogP contribution in [0.1, 0.15) is 31.3 Å². The highest BCUT2D eigenvalue weighted by Crippen LogP contribution is 2.28. The third-order valence-electron chi connectivity index (χ3n) is 4.63. The van der Waals surface area contributed by atoms with Crippen LogP contribution >= 0.6 is 11.3 Å². The molecule has 0 saturated carbocycles. The molecule has 0 unspecified atom stereocenters. The summed E-state index contributed by atoms with van der Waals surface area (Å²) in [5.41, 5.74) is 7.59. The van der Waals surface area contributed by atoms with Gasteiger partial charge in [0.15, 0.2) is 5.13 Å². The maximum absolute atomic E-state index is 12.4. The molecule has 4 N–H and O–H groups in total. The Morgan fingerprint density at radius 2 is 1.93 bits per heavy atom. The molecule has 154 valence electrons. The molecule has 1 aliphatic rings. The molecule has 0 aliphatic carbocycles. The smallest absolute Gasteiger partial charge is 0.260 e. The Morgan fingerprint density at radius 3 is 2.63 bits per heavy atom. The van der Waals surface area contributed by atoms with Crippen LogP contribution in [0.5, 0.6) is 0 Å². The molecular formula is C20H19N5O4S. The standard InChI is InChI=1S/C20H19N5O4S/c21-18(27)12-1-3-14(4-2-12)22-17(26)10-25-7-5-15-16(9-25)30-20(23-15)24-19(28)13-6-8-29-11-13/h1-4,6,8,11H,5,7,9-10H2,(H2,21,27)(H,22,26)(H,23,24,28). The van der Waals surface area contributed by atoms with Crippen LogP contribution in [-0.2, 0) is 17.8 Å². The maximum Gasteiger partial charge on any atom is 0.260 e. The molecule has 0 saturated heterocycles. The van der Waals surface area contributed by atoms with Gasteiger partial charge in [-0.05, 0) is 30.3 Å². The summed E-state index contributed by atoms with van der Waals surface area (Å²) in [4.78, 5) is 43.2. The first-order valence-electron chi connectivity index (χ1n) is 9.22. The number of hydrogen-bond acceptors (Lipinski definition) is 7. The van der Waals surface area contributed by atoms with Crippen molar-refractivity contribution in [3.8, 4) is 0 Å². The predicted molar refractivity (Wildman–Crippen MR) is 111 cm³/mol. The highest BCUT2D eigenvalue weighted by atomic mass is 32.1. The number of aromatic nitrogens is 1. The molecular weight excluding hydrogens is 406 g/mol. The van der Waals surface area contributed by atoms with Crippen LogP contribution in [0.25, 0.3) is 0 Å². The number of nitrogens with zero attached hydrogens (tertiary/aromatic N) is 2. The van der Waals surface area contributed by atoms with E-state index in [1.165, 1.54) is 23.9 Å². The normalized spacial score (nSPS) is 13.5. The summed E-state index contributed by atoms with van der Waals surface area (Å²) in [6, 6.07) is 8.02. The molecule has 3 aromatic rings. The SMILES string of the molecule is NC(=O)c1ccc(NC(=O)CN2CCc3nc(NC(=O)c4ccoc4)sc3C2)cc1. The number of anilines is 2. The summed E-state index contributed by atoms with van der Waals surface area (Å²) in [5.74, 6) is -0.932. The molecule has 3 heterocycles. The molecule has 0 radical (unpaired) electrons. The summed E-state index contributed by atoms with van der Waals surface area (Å²) < 4.78 is 4.92. The molecule has 10 heteroatoms. The van der Waals surface area contributed by atoms with Crippen molar-refractivity contribution >= 4 is 39.9 Å². The van der Waals surface area contributed by atoms with E-state index in [2.05, 4.69) is 15.6 Å². The number of fused-ring (bicyclic) bond motifs is 1. The molecule has 0 spiro atoms. The Balaban J connectivity index is 1.32. The zero-order valence-electron chi connectivity index (χ0n) is 15.9. The first-order valence-corrected chi connectivity index (χ1v) is 10.0. The van der Waals surface area contributed by atoms with E-state index >= 15 is 0 Å². The number of furan rings is 1. The van der Waals surface area contributed by atoms with Crippen molar-refractivity contribution in [1.29, 1.82) is 0 Å². The molecule has 0 fully saturated rings. The molecule has 0 bridgehead atoms. The van der Waals surface area contributed by atoms with Crippen LogP contribution in [0, 0.1) is 0 Å². The van der Waals surface area contributed by atoms with Gasteiger partial charge in [0, 0.05) is 35.6 Å². The van der Waals surface area contributed by atoms with Crippen LogP contribution in [0.4, 0.5) is 10.8 Å². The van der Waals surface area contributed by atoms with Gasteiger partial charge in [-0.15, -0.1) is 11.3 Å². The van der Waals surface area contributed by atoms with E-state index in [0.717, 1.165) is 10.6 Å². The van der Waals surface area contributed by atoms with Crippen molar-refractivity contribution in [2.24, 2.45) is 5.73 Å². The van der Waals surface area contributed by atoms with Crippen LogP contribution in [0.2, 0.25) is 0 Å². The zero-order valence-corrected chi connectivity index (χ0v) is 16.7. The number of carbonyl (C=O) groups excluding carboxylic acids is 3. The summed E-state index contributed by atoms with van der Waals surface area (Å²) >= 11 is 1.41. The number of amides is 3. The number of primary amides is 1. The molecule has 1 aliphatic heterocycles. The Hall–Kier alpha value is -3.50. The second-order valence-corrected chi connectivity index (χ2v) is 7.89. The van der Waals surface area contributed by atoms with E-state index in [1.54, 1.807) is 30.3 Å². The van der Waals surface area contributed by atoms with Gasteiger partial charge in [-0.1, -0.05) is 0 Å². The van der Waals surface area contributed by atoms with Crippen LogP contribution in [0.3, 0.4) is 0 Å². The number of thiazole rings is 1. The van der Waals surface area contributed by atoms with Crippen LogP contribution in [0.15, 0.2) is 47.3 Å². The first-order chi connectivity index (χ1) is 14.5. The number of hydrogen-bond donors (Lipinski definition) is 3. The number of nitrogens with two attached hydrogens (primary N) is 1. The van der Waals surface area contributed by atoms with Gasteiger partial charge in [0.2, 0.25) is 11.8 Å². The summed E-state index contributed by atoms with van der Waals surface area (Å²) in [5, 5.41) is 6.13. The quantitative estimate of drug-likeness (QED) is 0.554. The number of benzene rings is 1. The van der Waals surface area contributed by atoms with Crippen molar-refractivity contribution in [2.45, 2.75) is 13.0 Å². The maximum atomic E-state index is 12.4. The van der Waals surface area contributed by atoms with Gasteiger partial charge in [0.05, 0.1) is 24.1 Å². The molecule has 3 amide bonds. The highest BCUT2D eigenvalue weighted by molar-refractivity contribution is 7.15. The minimum absolute atomic E-state index is 0.150. The molecule has 4 rings (SSSR count). The molecule has 2 aromatic heterocycles. The third-order valence-corrected chi connectivity index (χ3v) is 5.63. The zero-order chi connectivity index (χ0) is 21.1. The van der Waals surface area contributed by atoms with E-state index in [0.29, 0.717) is 41.5 Å². The Morgan fingerprint density at radius 1 is 1.13 bits per heavy atom. The van der Waals surface area contributed by atoms with E-state index in [-0.39, 0.29) is 18.4 Å². The van der Waals surface area contributed by atoms with Gasteiger partial charge in [-0.2, -0.15) is 0 Å². The Bertz CT molecular complexity index is 1080. The van der Waals surface area contributed by atoms with Gasteiger partial charge in [0.25, 0.3) is 5.91 Å². The average molecular weight is 425 g/mol. The lowest BCUT2D eigenvalue weighted by Gasteiger charge is -2.25. The molecule has 1 aromatic carbocycles. The average Bonchev–Trinajstić information content (AvgIpc) is 3.37. The van der Waals surface area contributed by atoms with Crippen molar-refractivity contribution in [3.05, 3.63) is 64.6 Å². The number of rotatable bonds is 6. The van der Waals surface area contributed by atoms with Crippen molar-refractivity contribution in [3.63, 3.8) is 0 Å².